The third-order valence-corrected chi connectivity index (χ3v) is 5.96. The van der Waals surface area contributed by atoms with Crippen LogP contribution in [0.4, 0.5) is 0 Å². The number of ether oxygens (including phenoxy) is 1. The van der Waals surface area contributed by atoms with Crippen LogP contribution in [0.2, 0.25) is 0 Å². The molecular weight excluding hydrogens is 336 g/mol. The highest BCUT2D eigenvalue weighted by Crippen LogP contribution is 2.30. The number of hydrogen-bond donors (Lipinski definition) is 1. The van der Waals surface area contributed by atoms with Crippen LogP contribution >= 0.6 is 0 Å². The minimum atomic E-state index is -3.83. The lowest BCUT2D eigenvalue weighted by molar-refractivity contribution is 0.410. The van der Waals surface area contributed by atoms with Gasteiger partial charge in [-0.1, -0.05) is 30.3 Å². The summed E-state index contributed by atoms with van der Waals surface area (Å²) in [5.74, 6) is 0.648. The fourth-order valence-corrected chi connectivity index (χ4v) is 4.52. The molecular formula is C19H22N2O3S. The first-order valence-corrected chi connectivity index (χ1v) is 9.39. The van der Waals surface area contributed by atoms with Crippen LogP contribution in [0, 0.1) is 32.1 Å². The Kier molecular flexibility index (Phi) is 5.83. The van der Waals surface area contributed by atoms with Gasteiger partial charge in [-0.3, -0.25) is 0 Å². The molecule has 0 aromatic heterocycles. The number of methoxy groups -OCH3 is 1. The third-order valence-electron chi connectivity index (χ3n) is 4.20. The molecule has 0 bridgehead atoms. The summed E-state index contributed by atoms with van der Waals surface area (Å²) in [5.41, 5.74) is 2.88. The minimum Gasteiger partial charge on any atom is -0.496 e. The van der Waals surface area contributed by atoms with Crippen molar-refractivity contribution >= 4 is 10.0 Å². The molecule has 0 aliphatic heterocycles. The maximum absolute atomic E-state index is 12.9. The fourth-order valence-electron chi connectivity index (χ4n) is 2.86. The first kappa shape index (κ1) is 19.0. The smallest absolute Gasteiger partial charge is 0.242 e. The molecule has 25 heavy (non-hydrogen) atoms. The van der Waals surface area contributed by atoms with Crippen LogP contribution in [0.5, 0.6) is 5.75 Å². The molecule has 0 amide bonds. The summed E-state index contributed by atoms with van der Waals surface area (Å²) in [6, 6.07) is 12.2. The van der Waals surface area contributed by atoms with E-state index in [1.54, 1.807) is 27.0 Å². The minimum absolute atomic E-state index is 0.208. The zero-order valence-electron chi connectivity index (χ0n) is 14.8. The molecule has 0 radical (unpaired) electrons. The van der Waals surface area contributed by atoms with Crippen molar-refractivity contribution in [2.45, 2.75) is 38.1 Å². The van der Waals surface area contributed by atoms with Crippen LogP contribution in [0.1, 0.15) is 22.3 Å². The molecule has 0 spiro atoms. The zero-order chi connectivity index (χ0) is 18.6. The van der Waals surface area contributed by atoms with Gasteiger partial charge < -0.3 is 4.74 Å². The molecule has 0 saturated heterocycles. The molecule has 6 heteroatoms. The van der Waals surface area contributed by atoms with E-state index in [1.165, 1.54) is 0 Å². The number of nitriles is 1. The van der Waals surface area contributed by atoms with Crippen molar-refractivity contribution in [3.63, 3.8) is 0 Å². The predicted octanol–water partition coefficient (Wildman–Crippen LogP) is 3.03. The zero-order valence-corrected chi connectivity index (χ0v) is 15.6. The van der Waals surface area contributed by atoms with Gasteiger partial charge in [-0.15, -0.1) is 0 Å². The number of benzene rings is 2. The summed E-state index contributed by atoms with van der Waals surface area (Å²) in [4.78, 5) is 0.208. The SMILES string of the molecule is COc1cc(C)c(S(=O)(=O)NC(C#N)Cc2ccccc2)c(C)c1C. The van der Waals surface area contributed by atoms with Gasteiger partial charge in [0.1, 0.15) is 11.8 Å². The number of hydrogen-bond acceptors (Lipinski definition) is 4. The molecule has 2 rings (SSSR count). The molecule has 0 fully saturated rings. The number of sulfonamides is 1. The Hall–Kier alpha value is -2.36. The summed E-state index contributed by atoms with van der Waals surface area (Å²) in [7, 11) is -2.27. The third kappa shape index (κ3) is 4.19. The molecule has 1 atom stereocenters. The van der Waals surface area contributed by atoms with Crippen molar-refractivity contribution in [1.82, 2.24) is 4.72 Å². The van der Waals surface area contributed by atoms with Crippen molar-refractivity contribution in [2.75, 3.05) is 7.11 Å². The monoisotopic (exact) mass is 358 g/mol. The van der Waals surface area contributed by atoms with Crippen molar-refractivity contribution in [2.24, 2.45) is 0 Å². The summed E-state index contributed by atoms with van der Waals surface area (Å²) >= 11 is 0. The lowest BCUT2D eigenvalue weighted by atomic mass is 10.1. The van der Waals surface area contributed by atoms with E-state index in [0.29, 0.717) is 23.3 Å². The fraction of sp³-hybridized carbons (Fsp3) is 0.316. The van der Waals surface area contributed by atoms with Crippen LogP contribution in [0.25, 0.3) is 0 Å². The van der Waals surface area contributed by atoms with Crippen molar-refractivity contribution < 1.29 is 13.2 Å². The molecule has 1 unspecified atom stereocenters. The van der Waals surface area contributed by atoms with E-state index in [0.717, 1.165) is 11.1 Å². The summed E-state index contributed by atoms with van der Waals surface area (Å²) in [6.45, 7) is 5.29. The van der Waals surface area contributed by atoms with Gasteiger partial charge in [-0.2, -0.15) is 9.98 Å². The Morgan fingerprint density at radius 3 is 2.36 bits per heavy atom. The van der Waals surface area contributed by atoms with Gasteiger partial charge in [-0.25, -0.2) is 8.42 Å². The number of nitrogens with one attached hydrogen (secondary N) is 1. The molecule has 0 aliphatic carbocycles. The largest absolute Gasteiger partial charge is 0.496 e. The van der Waals surface area contributed by atoms with Gasteiger partial charge in [0.15, 0.2) is 0 Å². The lowest BCUT2D eigenvalue weighted by Crippen LogP contribution is -2.36. The Morgan fingerprint density at radius 2 is 1.80 bits per heavy atom. The molecule has 2 aromatic rings. The van der Waals surface area contributed by atoms with E-state index in [-0.39, 0.29) is 4.90 Å². The Labute approximate surface area is 149 Å². The van der Waals surface area contributed by atoms with Crippen molar-refractivity contribution in [3.05, 3.63) is 58.7 Å². The highest BCUT2D eigenvalue weighted by atomic mass is 32.2. The van der Waals surface area contributed by atoms with Crippen LogP contribution in [0.15, 0.2) is 41.3 Å². The van der Waals surface area contributed by atoms with E-state index in [1.807, 2.05) is 43.3 Å². The summed E-state index contributed by atoms with van der Waals surface area (Å²) in [5, 5.41) is 9.38. The first-order valence-electron chi connectivity index (χ1n) is 7.90. The van der Waals surface area contributed by atoms with Crippen LogP contribution in [-0.4, -0.2) is 21.6 Å². The molecule has 2 aromatic carbocycles. The normalized spacial score (nSPS) is 12.4. The molecule has 1 N–H and O–H groups in total. The maximum Gasteiger partial charge on any atom is 0.242 e. The van der Waals surface area contributed by atoms with Gasteiger partial charge in [-0.05, 0) is 49.1 Å². The van der Waals surface area contributed by atoms with E-state index < -0.39 is 16.1 Å². The number of rotatable bonds is 6. The van der Waals surface area contributed by atoms with E-state index in [4.69, 9.17) is 4.74 Å². The van der Waals surface area contributed by atoms with Crippen LogP contribution < -0.4 is 9.46 Å². The summed E-state index contributed by atoms with van der Waals surface area (Å²) in [6.07, 6.45) is 0.309. The molecule has 0 heterocycles. The predicted molar refractivity (Wildman–Crippen MR) is 97.1 cm³/mol. The van der Waals surface area contributed by atoms with Crippen molar-refractivity contribution in [1.29, 1.82) is 5.26 Å². The first-order chi connectivity index (χ1) is 11.8. The quantitative estimate of drug-likeness (QED) is 0.861. The Balaban J connectivity index is 2.36. The van der Waals surface area contributed by atoms with Crippen LogP contribution in [0.3, 0.4) is 0 Å². The number of nitrogens with zero attached hydrogens (tertiary/aromatic N) is 1. The standard InChI is InChI=1S/C19H22N2O3S/c1-13-10-18(24-4)14(2)15(3)19(13)25(22,23)21-17(12-20)11-16-8-6-5-7-9-16/h5-10,17,21H,11H2,1-4H3. The summed E-state index contributed by atoms with van der Waals surface area (Å²) < 4.78 is 33.6. The van der Waals surface area contributed by atoms with E-state index >= 15 is 0 Å². The Bertz CT molecular complexity index is 901. The highest BCUT2D eigenvalue weighted by Gasteiger charge is 2.25. The Morgan fingerprint density at radius 1 is 1.16 bits per heavy atom. The average Bonchev–Trinajstić information content (AvgIpc) is 2.58. The van der Waals surface area contributed by atoms with Gasteiger partial charge in [0.25, 0.3) is 0 Å². The molecule has 0 aliphatic rings. The maximum atomic E-state index is 12.9. The van der Waals surface area contributed by atoms with E-state index in [2.05, 4.69) is 4.72 Å². The second kappa shape index (κ2) is 7.68. The topological polar surface area (TPSA) is 79.2 Å². The molecule has 0 saturated carbocycles. The lowest BCUT2D eigenvalue weighted by Gasteiger charge is -2.18. The van der Waals surface area contributed by atoms with Gasteiger partial charge in [0.2, 0.25) is 10.0 Å². The van der Waals surface area contributed by atoms with Gasteiger partial charge in [0, 0.05) is 6.42 Å². The molecule has 132 valence electrons. The van der Waals surface area contributed by atoms with Gasteiger partial charge >= 0.3 is 0 Å². The second-order valence-electron chi connectivity index (χ2n) is 5.97. The van der Waals surface area contributed by atoms with Gasteiger partial charge in [0.05, 0.1) is 18.1 Å². The highest BCUT2D eigenvalue weighted by molar-refractivity contribution is 7.89. The molecule has 5 nitrogen and oxygen atoms in total. The number of aryl methyl sites for hydroxylation is 1. The second-order valence-corrected chi connectivity index (χ2v) is 7.62. The van der Waals surface area contributed by atoms with Crippen molar-refractivity contribution in [3.8, 4) is 11.8 Å². The van der Waals surface area contributed by atoms with Crippen LogP contribution in [-0.2, 0) is 16.4 Å². The van der Waals surface area contributed by atoms with E-state index in [9.17, 15) is 13.7 Å². The average molecular weight is 358 g/mol.